The van der Waals surface area contributed by atoms with E-state index in [1.165, 1.54) is 0 Å². The van der Waals surface area contributed by atoms with E-state index in [1.54, 1.807) is 11.8 Å². The monoisotopic (exact) mass is 267 g/mol. The Bertz CT molecular complexity index is 373. The van der Waals surface area contributed by atoms with Crippen LogP contribution in [0.5, 0.6) is 0 Å². The van der Waals surface area contributed by atoms with Crippen LogP contribution < -0.4 is 5.32 Å². The SMILES string of the molecule is C#CCCC(CSc1ccccc1Cl)NCC. The zero-order valence-electron chi connectivity index (χ0n) is 10.1. The van der Waals surface area contributed by atoms with Crippen molar-refractivity contribution in [3.05, 3.63) is 29.3 Å². The van der Waals surface area contributed by atoms with Gasteiger partial charge in [0.15, 0.2) is 0 Å². The molecule has 0 saturated carbocycles. The van der Waals surface area contributed by atoms with E-state index < -0.39 is 0 Å². The molecule has 0 aromatic heterocycles. The molecule has 0 heterocycles. The quantitative estimate of drug-likeness (QED) is 0.595. The normalized spacial score (nSPS) is 12.1. The molecule has 0 aliphatic heterocycles. The van der Waals surface area contributed by atoms with Gasteiger partial charge in [-0.1, -0.05) is 30.7 Å². The van der Waals surface area contributed by atoms with Crippen molar-refractivity contribution in [2.45, 2.75) is 30.7 Å². The zero-order valence-corrected chi connectivity index (χ0v) is 11.7. The third-order valence-electron chi connectivity index (χ3n) is 2.41. The summed E-state index contributed by atoms with van der Waals surface area (Å²) in [6, 6.07) is 8.40. The largest absolute Gasteiger partial charge is 0.313 e. The Labute approximate surface area is 113 Å². The Morgan fingerprint density at radius 2 is 2.24 bits per heavy atom. The van der Waals surface area contributed by atoms with Crippen molar-refractivity contribution in [1.82, 2.24) is 5.32 Å². The lowest BCUT2D eigenvalue weighted by Gasteiger charge is -2.16. The highest BCUT2D eigenvalue weighted by Gasteiger charge is 2.08. The molecule has 1 aromatic rings. The van der Waals surface area contributed by atoms with Gasteiger partial charge in [-0.05, 0) is 25.1 Å². The highest BCUT2D eigenvalue weighted by molar-refractivity contribution is 7.99. The highest BCUT2D eigenvalue weighted by atomic mass is 35.5. The molecular formula is C14H18ClNS. The maximum atomic E-state index is 6.12. The van der Waals surface area contributed by atoms with Crippen molar-refractivity contribution >= 4 is 23.4 Å². The van der Waals surface area contributed by atoms with Crippen LogP contribution in [0.3, 0.4) is 0 Å². The molecule has 0 aliphatic carbocycles. The van der Waals surface area contributed by atoms with Crippen molar-refractivity contribution in [2.75, 3.05) is 12.3 Å². The highest BCUT2D eigenvalue weighted by Crippen LogP contribution is 2.27. The van der Waals surface area contributed by atoms with Gasteiger partial charge in [-0.2, -0.15) is 0 Å². The minimum Gasteiger partial charge on any atom is -0.313 e. The summed E-state index contributed by atoms with van der Waals surface area (Å²) in [4.78, 5) is 1.14. The summed E-state index contributed by atoms with van der Waals surface area (Å²) in [6.07, 6.45) is 7.13. The average Bonchev–Trinajstić information content (AvgIpc) is 2.34. The second-order valence-electron chi connectivity index (χ2n) is 3.74. The third-order valence-corrected chi connectivity index (χ3v) is 4.08. The van der Waals surface area contributed by atoms with E-state index in [4.69, 9.17) is 18.0 Å². The first kappa shape index (κ1) is 14.4. The molecule has 1 rings (SSSR count). The molecule has 1 nitrogen and oxygen atoms in total. The molecule has 0 bridgehead atoms. The Morgan fingerprint density at radius 3 is 2.88 bits per heavy atom. The predicted octanol–water partition coefficient (Wildman–Crippen LogP) is 3.82. The molecule has 17 heavy (non-hydrogen) atoms. The first-order chi connectivity index (χ1) is 8.27. The molecule has 0 aliphatic rings. The van der Waals surface area contributed by atoms with Crippen LogP contribution in [0.2, 0.25) is 5.02 Å². The summed E-state index contributed by atoms with van der Waals surface area (Å²) in [5.41, 5.74) is 0. The summed E-state index contributed by atoms with van der Waals surface area (Å²) in [7, 11) is 0. The van der Waals surface area contributed by atoms with Gasteiger partial charge in [0.2, 0.25) is 0 Å². The van der Waals surface area contributed by atoms with Gasteiger partial charge in [-0.3, -0.25) is 0 Å². The van der Waals surface area contributed by atoms with Gasteiger partial charge in [0.05, 0.1) is 5.02 Å². The molecule has 3 heteroatoms. The number of halogens is 1. The van der Waals surface area contributed by atoms with Crippen LogP contribution in [-0.4, -0.2) is 18.3 Å². The van der Waals surface area contributed by atoms with E-state index >= 15 is 0 Å². The second kappa shape index (κ2) is 8.47. The molecule has 1 unspecified atom stereocenters. The van der Waals surface area contributed by atoms with Crippen LogP contribution in [-0.2, 0) is 0 Å². The number of hydrogen-bond donors (Lipinski definition) is 1. The molecule has 1 atom stereocenters. The molecule has 0 spiro atoms. The predicted molar refractivity (Wildman–Crippen MR) is 77.7 cm³/mol. The van der Waals surface area contributed by atoms with E-state index in [0.29, 0.717) is 6.04 Å². The molecule has 1 aromatic carbocycles. The fraction of sp³-hybridized carbons (Fsp3) is 0.429. The lowest BCUT2D eigenvalue weighted by Crippen LogP contribution is -2.30. The maximum Gasteiger partial charge on any atom is 0.0541 e. The summed E-state index contributed by atoms with van der Waals surface area (Å²) >= 11 is 7.90. The van der Waals surface area contributed by atoms with Crippen molar-refractivity contribution in [3.63, 3.8) is 0 Å². The van der Waals surface area contributed by atoms with Crippen LogP contribution in [0.1, 0.15) is 19.8 Å². The molecule has 0 fully saturated rings. The average molecular weight is 268 g/mol. The van der Waals surface area contributed by atoms with Crippen molar-refractivity contribution in [3.8, 4) is 12.3 Å². The summed E-state index contributed by atoms with van der Waals surface area (Å²) in [5, 5.41) is 4.27. The van der Waals surface area contributed by atoms with Crippen molar-refractivity contribution in [2.24, 2.45) is 0 Å². The smallest absolute Gasteiger partial charge is 0.0541 e. The lowest BCUT2D eigenvalue weighted by atomic mass is 10.2. The van der Waals surface area contributed by atoms with Crippen molar-refractivity contribution < 1.29 is 0 Å². The molecule has 0 amide bonds. The fourth-order valence-corrected chi connectivity index (χ4v) is 2.89. The second-order valence-corrected chi connectivity index (χ2v) is 5.21. The van der Waals surface area contributed by atoms with Crippen LogP contribution >= 0.6 is 23.4 Å². The van der Waals surface area contributed by atoms with Crippen molar-refractivity contribution in [1.29, 1.82) is 0 Å². The maximum absolute atomic E-state index is 6.12. The number of nitrogens with one attached hydrogen (secondary N) is 1. The van der Waals surface area contributed by atoms with Crippen LogP contribution in [0, 0.1) is 12.3 Å². The van der Waals surface area contributed by atoms with E-state index in [0.717, 1.165) is 35.1 Å². The number of hydrogen-bond acceptors (Lipinski definition) is 2. The van der Waals surface area contributed by atoms with Gasteiger partial charge < -0.3 is 5.32 Å². The van der Waals surface area contributed by atoms with Gasteiger partial charge in [0.25, 0.3) is 0 Å². The summed E-state index contributed by atoms with van der Waals surface area (Å²) < 4.78 is 0. The summed E-state index contributed by atoms with van der Waals surface area (Å²) in [6.45, 7) is 3.08. The Morgan fingerprint density at radius 1 is 1.47 bits per heavy atom. The first-order valence-corrected chi connectivity index (χ1v) is 7.18. The fourth-order valence-electron chi connectivity index (χ4n) is 1.54. The Balaban J connectivity index is 2.46. The lowest BCUT2D eigenvalue weighted by molar-refractivity contribution is 0.545. The Kier molecular flexibility index (Phi) is 7.19. The summed E-state index contributed by atoms with van der Waals surface area (Å²) in [5.74, 6) is 3.69. The van der Waals surface area contributed by atoms with Crippen LogP contribution in [0.25, 0.3) is 0 Å². The van der Waals surface area contributed by atoms with Crippen LogP contribution in [0.4, 0.5) is 0 Å². The number of rotatable bonds is 7. The van der Waals surface area contributed by atoms with Gasteiger partial charge in [-0.25, -0.2) is 0 Å². The number of benzene rings is 1. The number of thioether (sulfide) groups is 1. The zero-order chi connectivity index (χ0) is 12.5. The molecule has 0 radical (unpaired) electrons. The number of terminal acetylenes is 1. The van der Waals surface area contributed by atoms with E-state index in [-0.39, 0.29) is 0 Å². The van der Waals surface area contributed by atoms with Gasteiger partial charge in [0, 0.05) is 23.1 Å². The minimum atomic E-state index is 0.456. The van der Waals surface area contributed by atoms with E-state index in [9.17, 15) is 0 Å². The molecule has 1 N–H and O–H groups in total. The molecule has 92 valence electrons. The topological polar surface area (TPSA) is 12.0 Å². The van der Waals surface area contributed by atoms with E-state index in [2.05, 4.69) is 24.2 Å². The van der Waals surface area contributed by atoms with Gasteiger partial charge in [-0.15, -0.1) is 24.1 Å². The first-order valence-electron chi connectivity index (χ1n) is 5.82. The van der Waals surface area contributed by atoms with Gasteiger partial charge in [0.1, 0.15) is 0 Å². The van der Waals surface area contributed by atoms with Crippen LogP contribution in [0.15, 0.2) is 29.2 Å². The van der Waals surface area contributed by atoms with E-state index in [1.807, 2.05) is 18.2 Å². The third kappa shape index (κ3) is 5.50. The van der Waals surface area contributed by atoms with Gasteiger partial charge >= 0.3 is 0 Å². The minimum absolute atomic E-state index is 0.456. The standard InChI is InChI=1S/C14H18ClNS/c1-3-5-8-12(16-4-2)11-17-14-10-7-6-9-13(14)15/h1,6-7,9-10,12,16H,4-5,8,11H2,2H3. The molecule has 0 saturated heterocycles. The molecular weight excluding hydrogens is 250 g/mol. The Hall–Kier alpha value is -0.620.